The summed E-state index contributed by atoms with van der Waals surface area (Å²) in [5.74, 6) is 0.861. The maximum absolute atomic E-state index is 13.7. The Bertz CT molecular complexity index is 411. The third-order valence-electron chi connectivity index (χ3n) is 3.92. The summed E-state index contributed by atoms with van der Waals surface area (Å²) in [6.45, 7) is 0. The van der Waals surface area contributed by atoms with Crippen LogP contribution >= 0.6 is 22.6 Å². The molecule has 1 saturated carbocycles. The van der Waals surface area contributed by atoms with E-state index < -0.39 is 0 Å². The van der Waals surface area contributed by atoms with Gasteiger partial charge in [0, 0.05) is 9.49 Å². The van der Waals surface area contributed by atoms with Crippen molar-refractivity contribution in [1.29, 1.82) is 0 Å². The zero-order chi connectivity index (χ0) is 13.0. The molecular weight excluding hydrogens is 342 g/mol. The minimum absolute atomic E-state index is 0.0801. The number of carbonyl (C=O) groups is 1. The molecule has 0 saturated heterocycles. The Morgan fingerprint density at radius 2 is 2.00 bits per heavy atom. The molecule has 1 aromatic rings. The average molecular weight is 360 g/mol. The molecular formula is C15H18FIO. The van der Waals surface area contributed by atoms with E-state index in [0.29, 0.717) is 5.92 Å². The van der Waals surface area contributed by atoms with Crippen LogP contribution in [0.3, 0.4) is 0 Å². The molecule has 0 radical (unpaired) electrons. The van der Waals surface area contributed by atoms with Gasteiger partial charge in [-0.05, 0) is 84.7 Å². The van der Waals surface area contributed by atoms with Crippen molar-refractivity contribution in [3.8, 4) is 0 Å². The van der Waals surface area contributed by atoms with Crippen molar-refractivity contribution in [3.05, 3.63) is 33.1 Å². The van der Waals surface area contributed by atoms with Crippen molar-refractivity contribution in [2.75, 3.05) is 0 Å². The zero-order valence-electron chi connectivity index (χ0n) is 10.4. The van der Waals surface area contributed by atoms with Crippen LogP contribution in [0.25, 0.3) is 0 Å². The second-order valence-electron chi connectivity index (χ2n) is 5.19. The van der Waals surface area contributed by atoms with Gasteiger partial charge in [0.25, 0.3) is 0 Å². The lowest BCUT2D eigenvalue weighted by molar-refractivity contribution is -0.112. The van der Waals surface area contributed by atoms with Crippen molar-refractivity contribution in [1.82, 2.24) is 0 Å². The standard InChI is InChI=1S/C15H18FIO/c16-15-9-14(17)8-7-13(15)6-5-11-1-3-12(10-18)4-2-11/h7-12H,1-6H2. The van der Waals surface area contributed by atoms with Gasteiger partial charge in [0.1, 0.15) is 12.1 Å². The summed E-state index contributed by atoms with van der Waals surface area (Å²) in [7, 11) is 0. The Kier molecular flexibility index (Phi) is 5.15. The molecule has 1 aromatic carbocycles. The highest BCUT2D eigenvalue weighted by atomic mass is 127. The lowest BCUT2D eigenvalue weighted by atomic mass is 9.80. The van der Waals surface area contributed by atoms with Gasteiger partial charge in [-0.15, -0.1) is 0 Å². The maximum atomic E-state index is 13.7. The van der Waals surface area contributed by atoms with Crippen LogP contribution in [0, 0.1) is 21.2 Å². The largest absolute Gasteiger partial charge is 0.303 e. The molecule has 1 fully saturated rings. The summed E-state index contributed by atoms with van der Waals surface area (Å²) in [5.41, 5.74) is 0.827. The molecule has 2 rings (SSSR count). The van der Waals surface area contributed by atoms with Gasteiger partial charge in [0.2, 0.25) is 0 Å². The van der Waals surface area contributed by atoms with Gasteiger partial charge in [-0.1, -0.05) is 6.07 Å². The van der Waals surface area contributed by atoms with Crippen LogP contribution in [0.5, 0.6) is 0 Å². The summed E-state index contributed by atoms with van der Waals surface area (Å²) in [4.78, 5) is 10.7. The monoisotopic (exact) mass is 360 g/mol. The lowest BCUT2D eigenvalue weighted by Crippen LogP contribution is -2.16. The van der Waals surface area contributed by atoms with Crippen LogP contribution < -0.4 is 0 Å². The van der Waals surface area contributed by atoms with E-state index in [0.717, 1.165) is 53.9 Å². The SMILES string of the molecule is O=CC1CCC(CCc2ccc(I)cc2F)CC1. The van der Waals surface area contributed by atoms with E-state index in [1.165, 1.54) is 0 Å². The number of halogens is 2. The first kappa shape index (κ1) is 14.0. The number of benzene rings is 1. The van der Waals surface area contributed by atoms with E-state index in [1.54, 1.807) is 6.07 Å². The molecule has 18 heavy (non-hydrogen) atoms. The van der Waals surface area contributed by atoms with Gasteiger partial charge < -0.3 is 4.79 Å². The molecule has 0 aromatic heterocycles. The van der Waals surface area contributed by atoms with Gasteiger partial charge >= 0.3 is 0 Å². The van der Waals surface area contributed by atoms with E-state index in [9.17, 15) is 9.18 Å². The highest BCUT2D eigenvalue weighted by molar-refractivity contribution is 14.1. The molecule has 1 aliphatic carbocycles. The van der Waals surface area contributed by atoms with E-state index in [4.69, 9.17) is 0 Å². The van der Waals surface area contributed by atoms with Crippen LogP contribution in [0.15, 0.2) is 18.2 Å². The summed E-state index contributed by atoms with van der Waals surface area (Å²) in [6.07, 6.45) is 7.23. The zero-order valence-corrected chi connectivity index (χ0v) is 12.5. The highest BCUT2D eigenvalue weighted by Crippen LogP contribution is 2.30. The van der Waals surface area contributed by atoms with Crippen LogP contribution in [0.4, 0.5) is 4.39 Å². The molecule has 98 valence electrons. The number of carbonyl (C=O) groups excluding carboxylic acids is 1. The smallest absolute Gasteiger partial charge is 0.127 e. The maximum Gasteiger partial charge on any atom is 0.127 e. The number of hydrogen-bond donors (Lipinski definition) is 0. The Morgan fingerprint density at radius 1 is 1.28 bits per heavy atom. The molecule has 0 spiro atoms. The van der Waals surface area contributed by atoms with Gasteiger partial charge in [-0.2, -0.15) is 0 Å². The van der Waals surface area contributed by atoms with E-state index in [-0.39, 0.29) is 11.7 Å². The lowest BCUT2D eigenvalue weighted by Gasteiger charge is -2.25. The molecule has 0 heterocycles. The van der Waals surface area contributed by atoms with E-state index in [2.05, 4.69) is 22.6 Å². The summed E-state index contributed by atoms with van der Waals surface area (Å²) in [6, 6.07) is 5.45. The van der Waals surface area contributed by atoms with E-state index in [1.807, 2.05) is 12.1 Å². The average Bonchev–Trinajstić information content (AvgIpc) is 2.38. The van der Waals surface area contributed by atoms with Gasteiger partial charge in [-0.3, -0.25) is 0 Å². The Balaban J connectivity index is 1.83. The topological polar surface area (TPSA) is 17.1 Å². The summed E-state index contributed by atoms with van der Waals surface area (Å²) < 4.78 is 14.6. The number of aryl methyl sites for hydroxylation is 1. The number of aldehydes is 1. The fourth-order valence-electron chi connectivity index (χ4n) is 2.70. The molecule has 0 atom stereocenters. The number of hydrogen-bond acceptors (Lipinski definition) is 1. The molecule has 0 unspecified atom stereocenters. The normalized spacial score (nSPS) is 23.9. The van der Waals surface area contributed by atoms with Gasteiger partial charge in [0.05, 0.1) is 0 Å². The minimum Gasteiger partial charge on any atom is -0.303 e. The summed E-state index contributed by atoms with van der Waals surface area (Å²) >= 11 is 2.13. The van der Waals surface area contributed by atoms with Crippen LogP contribution in [-0.4, -0.2) is 6.29 Å². The fraction of sp³-hybridized carbons (Fsp3) is 0.533. The third-order valence-corrected chi connectivity index (χ3v) is 4.59. The van der Waals surface area contributed by atoms with Crippen LogP contribution in [0.1, 0.15) is 37.7 Å². The second kappa shape index (κ2) is 6.64. The van der Waals surface area contributed by atoms with Crippen LogP contribution in [-0.2, 0) is 11.2 Å². The molecule has 1 nitrogen and oxygen atoms in total. The molecule has 3 heteroatoms. The van der Waals surface area contributed by atoms with Crippen molar-refractivity contribution in [2.45, 2.75) is 38.5 Å². The molecule has 0 bridgehead atoms. The first-order valence-electron chi connectivity index (χ1n) is 6.58. The number of rotatable bonds is 4. The van der Waals surface area contributed by atoms with Crippen molar-refractivity contribution in [3.63, 3.8) is 0 Å². The first-order chi connectivity index (χ1) is 8.69. The van der Waals surface area contributed by atoms with Crippen molar-refractivity contribution >= 4 is 28.9 Å². The minimum atomic E-state index is -0.0801. The molecule has 0 aliphatic heterocycles. The summed E-state index contributed by atoms with van der Waals surface area (Å²) in [5, 5.41) is 0. The van der Waals surface area contributed by atoms with Gasteiger partial charge in [-0.25, -0.2) is 4.39 Å². The molecule has 0 N–H and O–H groups in total. The quantitative estimate of drug-likeness (QED) is 0.576. The Labute approximate surface area is 121 Å². The van der Waals surface area contributed by atoms with Crippen LogP contribution in [0.2, 0.25) is 0 Å². The van der Waals surface area contributed by atoms with Crippen molar-refractivity contribution in [2.24, 2.45) is 11.8 Å². The second-order valence-corrected chi connectivity index (χ2v) is 6.44. The Morgan fingerprint density at radius 3 is 2.61 bits per heavy atom. The predicted molar refractivity (Wildman–Crippen MR) is 79.0 cm³/mol. The molecule has 0 amide bonds. The van der Waals surface area contributed by atoms with Gasteiger partial charge in [0.15, 0.2) is 0 Å². The van der Waals surface area contributed by atoms with E-state index >= 15 is 0 Å². The third kappa shape index (κ3) is 3.77. The predicted octanol–water partition coefficient (Wildman–Crippen LogP) is 4.37. The fourth-order valence-corrected chi connectivity index (χ4v) is 3.15. The van der Waals surface area contributed by atoms with Crippen molar-refractivity contribution < 1.29 is 9.18 Å². The Hall–Kier alpha value is -0.450. The highest BCUT2D eigenvalue weighted by Gasteiger charge is 2.20. The molecule has 1 aliphatic rings. The first-order valence-corrected chi connectivity index (χ1v) is 7.66.